The fraction of sp³-hybridized carbons (Fsp3) is 1.00. The Morgan fingerprint density at radius 2 is 0.969 bits per heavy atom. The normalized spacial score (nSPS) is 14.7. The molecule has 2 N–H and O–H groups in total. The van der Waals surface area contributed by atoms with Gasteiger partial charge in [0.2, 0.25) is 0 Å². The lowest BCUT2D eigenvalue weighted by Crippen LogP contribution is -2.51. The Morgan fingerprint density at radius 1 is 0.656 bits per heavy atom. The van der Waals surface area contributed by atoms with E-state index in [4.69, 9.17) is 19.0 Å². The number of rotatable bonds is 23. The molecule has 0 rings (SSSR count). The van der Waals surface area contributed by atoms with Gasteiger partial charge in [-0.2, -0.15) is 0 Å². The Bertz CT molecular complexity index is 387. The van der Waals surface area contributed by atoms with Crippen molar-refractivity contribution in [2.24, 2.45) is 11.7 Å². The van der Waals surface area contributed by atoms with E-state index in [1.165, 1.54) is 103 Å². The van der Waals surface area contributed by atoms with Crippen LogP contribution in [0.1, 0.15) is 130 Å². The van der Waals surface area contributed by atoms with E-state index >= 15 is 0 Å². The van der Waals surface area contributed by atoms with Crippen molar-refractivity contribution < 1.29 is 13.3 Å². The molecule has 0 saturated carbocycles. The second-order valence-electron chi connectivity index (χ2n) is 9.96. The van der Waals surface area contributed by atoms with Crippen LogP contribution in [0, 0.1) is 5.92 Å². The van der Waals surface area contributed by atoms with Gasteiger partial charge in [-0.1, -0.05) is 117 Å². The van der Waals surface area contributed by atoms with Gasteiger partial charge in [-0.3, -0.25) is 0 Å². The molecule has 0 amide bonds. The zero-order valence-corrected chi connectivity index (χ0v) is 24.3. The van der Waals surface area contributed by atoms with Crippen LogP contribution in [0.2, 0.25) is 6.04 Å². The first-order chi connectivity index (χ1) is 14.9. The maximum atomic E-state index is 6.65. The van der Waals surface area contributed by atoms with Crippen LogP contribution in [0.25, 0.3) is 0 Å². The first-order valence-corrected chi connectivity index (χ1v) is 15.2. The molecule has 0 aliphatic heterocycles. The number of halogens is 1. The molecule has 2 unspecified atom stereocenters. The molecule has 196 valence electrons. The van der Waals surface area contributed by atoms with Crippen LogP contribution in [0.4, 0.5) is 0 Å². The number of unbranched alkanes of at least 4 members (excludes halogenated alkanes) is 15. The third kappa shape index (κ3) is 16.9. The van der Waals surface area contributed by atoms with Crippen LogP contribution in [0.3, 0.4) is 0 Å². The van der Waals surface area contributed by atoms with Crippen LogP contribution >= 0.6 is 12.4 Å². The second-order valence-corrected chi connectivity index (χ2v) is 13.0. The summed E-state index contributed by atoms with van der Waals surface area (Å²) in [6, 6.07) is 0.766. The molecule has 6 heteroatoms. The van der Waals surface area contributed by atoms with E-state index in [0.29, 0.717) is 5.92 Å². The SMILES string of the molecule is CCCCCCCCCCCCCCCCCCC(C)(N)C(C)C[Si](OC)(OC)OC.Cl. The predicted octanol–water partition coefficient (Wildman–Crippen LogP) is 8.29. The number of nitrogens with two attached hydrogens (primary N) is 1. The van der Waals surface area contributed by atoms with Crippen molar-refractivity contribution in [1.82, 2.24) is 0 Å². The van der Waals surface area contributed by atoms with Gasteiger partial charge in [-0.05, 0) is 19.3 Å². The Morgan fingerprint density at radius 3 is 1.28 bits per heavy atom. The first-order valence-electron chi connectivity index (χ1n) is 13.3. The van der Waals surface area contributed by atoms with Gasteiger partial charge in [0.15, 0.2) is 0 Å². The zero-order valence-electron chi connectivity index (χ0n) is 22.5. The molecule has 0 fully saturated rings. The highest BCUT2D eigenvalue weighted by molar-refractivity contribution is 6.60. The summed E-state index contributed by atoms with van der Waals surface area (Å²) in [5.41, 5.74) is 6.44. The lowest BCUT2D eigenvalue weighted by Gasteiger charge is -2.36. The molecule has 32 heavy (non-hydrogen) atoms. The van der Waals surface area contributed by atoms with Crippen molar-refractivity contribution >= 4 is 21.2 Å². The van der Waals surface area contributed by atoms with Crippen molar-refractivity contribution in [3.05, 3.63) is 0 Å². The van der Waals surface area contributed by atoms with Gasteiger partial charge in [0, 0.05) is 32.9 Å². The first kappa shape index (κ1) is 34.5. The highest BCUT2D eigenvalue weighted by atomic mass is 35.5. The van der Waals surface area contributed by atoms with Gasteiger partial charge in [0.1, 0.15) is 0 Å². The third-order valence-electron chi connectivity index (χ3n) is 7.18. The summed E-state index contributed by atoms with van der Waals surface area (Å²) in [6.45, 7) is 6.66. The summed E-state index contributed by atoms with van der Waals surface area (Å²) in [4.78, 5) is 0. The van der Waals surface area contributed by atoms with E-state index in [0.717, 1.165) is 12.5 Å². The van der Waals surface area contributed by atoms with Gasteiger partial charge in [-0.25, -0.2) is 0 Å². The fourth-order valence-electron chi connectivity index (χ4n) is 4.41. The maximum absolute atomic E-state index is 6.65. The highest BCUT2D eigenvalue weighted by Crippen LogP contribution is 2.30. The van der Waals surface area contributed by atoms with Gasteiger partial charge < -0.3 is 19.0 Å². The van der Waals surface area contributed by atoms with Gasteiger partial charge >= 0.3 is 8.80 Å². The largest absolute Gasteiger partial charge is 0.500 e. The van der Waals surface area contributed by atoms with Crippen LogP contribution in [-0.2, 0) is 13.3 Å². The quantitative estimate of drug-likeness (QED) is 0.114. The molecule has 0 aromatic rings. The summed E-state index contributed by atoms with van der Waals surface area (Å²) in [5.74, 6) is 0.301. The Balaban J connectivity index is 0. The van der Waals surface area contributed by atoms with Crippen molar-refractivity contribution in [3.63, 3.8) is 0 Å². The van der Waals surface area contributed by atoms with E-state index < -0.39 is 8.80 Å². The minimum atomic E-state index is -2.56. The minimum absolute atomic E-state index is 0. The molecule has 2 atom stereocenters. The highest BCUT2D eigenvalue weighted by Gasteiger charge is 2.43. The van der Waals surface area contributed by atoms with Crippen molar-refractivity contribution in [2.75, 3.05) is 21.3 Å². The smallest absolute Gasteiger partial charge is 0.377 e. The van der Waals surface area contributed by atoms with Crippen LogP contribution < -0.4 is 5.73 Å². The molecule has 4 nitrogen and oxygen atoms in total. The monoisotopic (exact) mass is 495 g/mol. The summed E-state index contributed by atoms with van der Waals surface area (Å²) in [5, 5.41) is 0. The van der Waals surface area contributed by atoms with E-state index in [-0.39, 0.29) is 17.9 Å². The molecule has 0 radical (unpaired) electrons. The molecule has 0 spiro atoms. The Hall–Kier alpha value is 0.347. The average molecular weight is 496 g/mol. The van der Waals surface area contributed by atoms with E-state index in [2.05, 4.69) is 20.8 Å². The molecular weight excluding hydrogens is 438 g/mol. The molecule has 0 aliphatic rings. The van der Waals surface area contributed by atoms with Crippen molar-refractivity contribution in [1.29, 1.82) is 0 Å². The van der Waals surface area contributed by atoms with Crippen molar-refractivity contribution in [2.45, 2.75) is 142 Å². The maximum Gasteiger partial charge on any atom is 0.500 e. The molecule has 0 heterocycles. The van der Waals surface area contributed by atoms with E-state index in [1.807, 2.05) is 0 Å². The Kier molecular flexibility index (Phi) is 23.6. The molecule has 0 bridgehead atoms. The summed E-state index contributed by atoms with van der Waals surface area (Å²) < 4.78 is 16.7. The van der Waals surface area contributed by atoms with Gasteiger partial charge in [0.05, 0.1) is 0 Å². The number of hydrogen-bond acceptors (Lipinski definition) is 4. The summed E-state index contributed by atoms with van der Waals surface area (Å²) in [6.07, 6.45) is 23.4. The predicted molar refractivity (Wildman–Crippen MR) is 145 cm³/mol. The molecule has 0 aromatic heterocycles. The Labute approximate surface area is 208 Å². The number of hydrogen-bond donors (Lipinski definition) is 1. The van der Waals surface area contributed by atoms with Gasteiger partial charge in [0.25, 0.3) is 0 Å². The molecular formula is C26H58ClNO3Si. The molecule has 0 aromatic carbocycles. The lowest BCUT2D eigenvalue weighted by molar-refractivity contribution is 0.112. The zero-order chi connectivity index (χ0) is 23.4. The van der Waals surface area contributed by atoms with Crippen LogP contribution in [0.15, 0.2) is 0 Å². The van der Waals surface area contributed by atoms with Crippen LogP contribution in [-0.4, -0.2) is 35.7 Å². The van der Waals surface area contributed by atoms with E-state index in [1.54, 1.807) is 21.3 Å². The van der Waals surface area contributed by atoms with Crippen molar-refractivity contribution in [3.8, 4) is 0 Å². The summed E-state index contributed by atoms with van der Waals surface area (Å²) >= 11 is 0. The molecule has 0 saturated heterocycles. The fourth-order valence-corrected chi connectivity index (χ4v) is 6.62. The summed E-state index contributed by atoms with van der Waals surface area (Å²) in [7, 11) is 2.47. The third-order valence-corrected chi connectivity index (χ3v) is 10.2. The standard InChI is InChI=1S/C26H57NO3Si.ClH/c1-7-8-9-10-11-12-13-14-15-16-17-18-19-20-21-22-23-26(3,27)25(2)24-31(28-4,29-5)30-6;/h25H,7-24,27H2,1-6H3;1H. The average Bonchev–Trinajstić information content (AvgIpc) is 2.77. The lowest BCUT2D eigenvalue weighted by atomic mass is 9.84. The van der Waals surface area contributed by atoms with E-state index in [9.17, 15) is 0 Å². The minimum Gasteiger partial charge on any atom is -0.377 e. The van der Waals surface area contributed by atoms with Crippen LogP contribution in [0.5, 0.6) is 0 Å². The van der Waals surface area contributed by atoms with Gasteiger partial charge in [-0.15, -0.1) is 12.4 Å². The topological polar surface area (TPSA) is 53.7 Å². The second kappa shape index (κ2) is 21.9. The molecule has 0 aliphatic carbocycles.